The summed E-state index contributed by atoms with van der Waals surface area (Å²) in [5, 5.41) is 0.781. The molecule has 2 aromatic heterocycles. The van der Waals surface area contributed by atoms with Crippen LogP contribution >= 0.6 is 11.3 Å². The third-order valence-electron chi connectivity index (χ3n) is 3.78. The Morgan fingerprint density at radius 1 is 1.48 bits per heavy atom. The van der Waals surface area contributed by atoms with Gasteiger partial charge in [-0.25, -0.2) is 4.98 Å². The Balaban J connectivity index is 1.78. The first-order valence-electron chi connectivity index (χ1n) is 8.04. The van der Waals surface area contributed by atoms with Crippen molar-refractivity contribution in [3.63, 3.8) is 0 Å². The summed E-state index contributed by atoms with van der Waals surface area (Å²) in [4.78, 5) is 23.8. The van der Waals surface area contributed by atoms with E-state index in [4.69, 9.17) is 14.2 Å². The summed E-state index contributed by atoms with van der Waals surface area (Å²) in [5.41, 5.74) is 1.60. The molecule has 1 fully saturated rings. The van der Waals surface area contributed by atoms with E-state index in [0.29, 0.717) is 36.9 Å². The van der Waals surface area contributed by atoms with E-state index >= 15 is 0 Å². The maximum absolute atomic E-state index is 13.0. The number of aromatic nitrogens is 2. The smallest absolute Gasteiger partial charge is 0.267 e. The number of pyridine rings is 1. The van der Waals surface area contributed by atoms with Gasteiger partial charge < -0.3 is 19.1 Å². The Morgan fingerprint density at radius 3 is 3.04 bits per heavy atom. The number of hydrogen-bond donors (Lipinski definition) is 0. The van der Waals surface area contributed by atoms with Crippen LogP contribution in [0, 0.1) is 6.92 Å². The van der Waals surface area contributed by atoms with Gasteiger partial charge in [-0.3, -0.25) is 9.78 Å². The number of carbonyl (C=O) groups is 1. The molecule has 1 aliphatic rings. The van der Waals surface area contributed by atoms with E-state index < -0.39 is 0 Å². The molecule has 0 radical (unpaired) electrons. The third-order valence-corrected chi connectivity index (χ3v) is 4.97. The second-order valence-corrected chi connectivity index (χ2v) is 6.69. The molecule has 3 rings (SSSR count). The number of rotatable bonds is 6. The maximum atomic E-state index is 13.0. The minimum atomic E-state index is -0.140. The molecule has 0 aromatic carbocycles. The number of methoxy groups -OCH3 is 1. The van der Waals surface area contributed by atoms with Gasteiger partial charge in [0, 0.05) is 25.1 Å². The van der Waals surface area contributed by atoms with Crippen LogP contribution in [0.15, 0.2) is 24.5 Å². The Hall–Kier alpha value is -1.87. The van der Waals surface area contributed by atoms with E-state index in [2.05, 4.69) is 9.97 Å². The molecule has 1 saturated heterocycles. The van der Waals surface area contributed by atoms with Crippen LogP contribution < -0.4 is 0 Å². The quantitative estimate of drug-likeness (QED) is 0.731. The minimum Gasteiger partial charge on any atom is -0.376 e. The minimum absolute atomic E-state index is 0.110. The van der Waals surface area contributed by atoms with E-state index in [-0.39, 0.29) is 18.7 Å². The van der Waals surface area contributed by atoms with Gasteiger partial charge in [-0.2, -0.15) is 0 Å². The Morgan fingerprint density at radius 2 is 2.36 bits per heavy atom. The lowest BCUT2D eigenvalue weighted by Gasteiger charge is -2.29. The lowest BCUT2D eigenvalue weighted by molar-refractivity contribution is -0.100. The summed E-state index contributed by atoms with van der Waals surface area (Å²) in [6.07, 6.45) is 3.31. The highest BCUT2D eigenvalue weighted by Crippen LogP contribution is 2.28. The molecule has 134 valence electrons. The Labute approximate surface area is 150 Å². The number of ether oxygens (including phenoxy) is 3. The first-order valence-corrected chi connectivity index (χ1v) is 8.86. The number of carbonyl (C=O) groups excluding carboxylic acids is 1. The SMILES string of the molecule is COCN(CC1COCCO1)C(=O)c1sc(-c2cccnc2)nc1C. The molecule has 1 aliphatic heterocycles. The largest absolute Gasteiger partial charge is 0.376 e. The van der Waals surface area contributed by atoms with Crippen molar-refractivity contribution in [1.82, 2.24) is 14.9 Å². The summed E-state index contributed by atoms with van der Waals surface area (Å²) in [6, 6.07) is 3.78. The number of amides is 1. The molecule has 1 amide bonds. The molecule has 0 bridgehead atoms. The zero-order valence-corrected chi connectivity index (χ0v) is 15.1. The summed E-state index contributed by atoms with van der Waals surface area (Å²) < 4.78 is 16.3. The predicted molar refractivity (Wildman–Crippen MR) is 93.6 cm³/mol. The Kier molecular flexibility index (Phi) is 6.09. The van der Waals surface area contributed by atoms with Crippen molar-refractivity contribution < 1.29 is 19.0 Å². The number of aryl methyl sites for hydroxylation is 1. The Bertz CT molecular complexity index is 701. The van der Waals surface area contributed by atoms with Crippen molar-refractivity contribution in [1.29, 1.82) is 0 Å². The molecule has 2 aromatic rings. The topological polar surface area (TPSA) is 73.8 Å². The van der Waals surface area contributed by atoms with Crippen molar-refractivity contribution in [2.24, 2.45) is 0 Å². The fourth-order valence-electron chi connectivity index (χ4n) is 2.59. The number of nitrogens with zero attached hydrogens (tertiary/aromatic N) is 3. The van der Waals surface area contributed by atoms with Crippen molar-refractivity contribution in [2.75, 3.05) is 40.2 Å². The molecule has 7 nitrogen and oxygen atoms in total. The van der Waals surface area contributed by atoms with Crippen LogP contribution in [0.3, 0.4) is 0 Å². The highest BCUT2D eigenvalue weighted by molar-refractivity contribution is 7.17. The molecule has 8 heteroatoms. The van der Waals surface area contributed by atoms with Gasteiger partial charge in [0.2, 0.25) is 0 Å². The van der Waals surface area contributed by atoms with E-state index in [1.54, 1.807) is 24.4 Å². The number of hydrogen-bond acceptors (Lipinski definition) is 7. The van der Waals surface area contributed by atoms with Gasteiger partial charge in [-0.05, 0) is 19.1 Å². The molecular weight excluding hydrogens is 342 g/mol. The van der Waals surface area contributed by atoms with Gasteiger partial charge in [0.15, 0.2) is 0 Å². The summed E-state index contributed by atoms with van der Waals surface area (Å²) in [6.45, 7) is 4.08. The van der Waals surface area contributed by atoms with Crippen LogP contribution in [0.4, 0.5) is 0 Å². The lowest BCUT2D eigenvalue weighted by atomic mass is 10.3. The average molecular weight is 363 g/mol. The normalized spacial score (nSPS) is 17.4. The van der Waals surface area contributed by atoms with E-state index in [1.165, 1.54) is 11.3 Å². The summed E-state index contributed by atoms with van der Waals surface area (Å²) >= 11 is 1.37. The standard InChI is InChI=1S/C17H21N3O4S/c1-12-15(25-16(19-12)13-4-3-5-18-8-13)17(21)20(11-22-2)9-14-10-23-6-7-24-14/h3-5,8,14H,6-7,9-11H2,1-2H3. The zero-order chi connectivity index (χ0) is 17.6. The molecule has 0 aliphatic carbocycles. The molecule has 1 atom stereocenters. The summed E-state index contributed by atoms with van der Waals surface area (Å²) in [5.74, 6) is -0.110. The van der Waals surface area contributed by atoms with Crippen LogP contribution in [0.25, 0.3) is 10.6 Å². The van der Waals surface area contributed by atoms with Gasteiger partial charge in [-0.1, -0.05) is 0 Å². The van der Waals surface area contributed by atoms with Crippen molar-refractivity contribution in [3.05, 3.63) is 35.1 Å². The van der Waals surface area contributed by atoms with Crippen LogP contribution in [-0.4, -0.2) is 67.1 Å². The van der Waals surface area contributed by atoms with Crippen molar-refractivity contribution in [2.45, 2.75) is 13.0 Å². The van der Waals surface area contributed by atoms with Gasteiger partial charge in [-0.15, -0.1) is 11.3 Å². The highest BCUT2D eigenvalue weighted by Gasteiger charge is 2.26. The molecule has 0 N–H and O–H groups in total. The van der Waals surface area contributed by atoms with Crippen molar-refractivity contribution >= 4 is 17.2 Å². The molecule has 3 heterocycles. The first-order chi connectivity index (χ1) is 12.2. The van der Waals surface area contributed by atoms with Crippen LogP contribution in [0.5, 0.6) is 0 Å². The van der Waals surface area contributed by atoms with E-state index in [0.717, 1.165) is 10.6 Å². The van der Waals surface area contributed by atoms with Crippen LogP contribution in [0.2, 0.25) is 0 Å². The highest BCUT2D eigenvalue weighted by atomic mass is 32.1. The first kappa shape index (κ1) is 17.9. The van der Waals surface area contributed by atoms with Crippen LogP contribution in [0.1, 0.15) is 15.4 Å². The van der Waals surface area contributed by atoms with Crippen LogP contribution in [-0.2, 0) is 14.2 Å². The molecular formula is C17H21N3O4S. The second kappa shape index (κ2) is 8.48. The fraction of sp³-hybridized carbons (Fsp3) is 0.471. The van der Waals surface area contributed by atoms with E-state index in [9.17, 15) is 4.79 Å². The van der Waals surface area contributed by atoms with Gasteiger partial charge in [0.1, 0.15) is 16.6 Å². The van der Waals surface area contributed by atoms with Gasteiger partial charge in [0.05, 0.1) is 38.2 Å². The van der Waals surface area contributed by atoms with E-state index in [1.807, 2.05) is 19.1 Å². The zero-order valence-electron chi connectivity index (χ0n) is 14.3. The average Bonchev–Trinajstić information content (AvgIpc) is 3.04. The van der Waals surface area contributed by atoms with Gasteiger partial charge >= 0.3 is 0 Å². The fourth-order valence-corrected chi connectivity index (χ4v) is 3.61. The third kappa shape index (κ3) is 4.40. The monoisotopic (exact) mass is 363 g/mol. The van der Waals surface area contributed by atoms with Crippen molar-refractivity contribution in [3.8, 4) is 10.6 Å². The maximum Gasteiger partial charge on any atom is 0.267 e. The summed E-state index contributed by atoms with van der Waals surface area (Å²) in [7, 11) is 1.57. The predicted octanol–water partition coefficient (Wildman–Crippen LogP) is 1.98. The second-order valence-electron chi connectivity index (χ2n) is 5.69. The lowest BCUT2D eigenvalue weighted by Crippen LogP contribution is -2.43. The number of thiazole rings is 1. The van der Waals surface area contributed by atoms with Gasteiger partial charge in [0.25, 0.3) is 5.91 Å². The molecule has 1 unspecified atom stereocenters. The molecule has 0 spiro atoms. The molecule has 25 heavy (non-hydrogen) atoms. The molecule has 0 saturated carbocycles.